The lowest BCUT2D eigenvalue weighted by molar-refractivity contribution is 0.0857. The first-order valence-electron chi connectivity index (χ1n) is 6.72. The molecule has 1 aromatic heterocycles. The lowest BCUT2D eigenvalue weighted by Crippen LogP contribution is -2.55. The molecular formula is C14H21N3O2. The van der Waals surface area contributed by atoms with E-state index in [9.17, 15) is 9.90 Å². The zero-order chi connectivity index (χ0) is 13.9. The van der Waals surface area contributed by atoms with Crippen LogP contribution in [0.4, 0.5) is 0 Å². The molecule has 2 rings (SSSR count). The summed E-state index contributed by atoms with van der Waals surface area (Å²) >= 11 is 0. The first-order chi connectivity index (χ1) is 9.06. The normalized spacial score (nSPS) is 26.9. The number of hydrogen-bond donors (Lipinski definition) is 3. The summed E-state index contributed by atoms with van der Waals surface area (Å²) in [7, 11) is 0. The fraction of sp³-hybridized carbons (Fsp3) is 0.571. The predicted molar refractivity (Wildman–Crippen MR) is 72.8 cm³/mol. The Morgan fingerprint density at radius 2 is 2.26 bits per heavy atom. The molecule has 0 spiro atoms. The van der Waals surface area contributed by atoms with E-state index in [1.807, 2.05) is 0 Å². The maximum Gasteiger partial charge on any atom is 0.255 e. The molecule has 0 saturated heterocycles. The summed E-state index contributed by atoms with van der Waals surface area (Å²) in [5, 5.41) is 12.7. The first kappa shape index (κ1) is 13.8. The number of hydrogen-bond acceptors (Lipinski definition) is 4. The van der Waals surface area contributed by atoms with Crippen LogP contribution >= 0.6 is 0 Å². The number of aromatic hydroxyl groups is 1. The quantitative estimate of drug-likeness (QED) is 0.769. The van der Waals surface area contributed by atoms with Gasteiger partial charge >= 0.3 is 0 Å². The topological polar surface area (TPSA) is 88.2 Å². The highest BCUT2D eigenvalue weighted by Crippen LogP contribution is 2.31. The maximum absolute atomic E-state index is 12.2. The van der Waals surface area contributed by atoms with Crippen LogP contribution in [0.25, 0.3) is 0 Å². The van der Waals surface area contributed by atoms with Crippen molar-refractivity contribution in [1.29, 1.82) is 0 Å². The molecule has 1 aliphatic rings. The van der Waals surface area contributed by atoms with Crippen LogP contribution in [-0.4, -0.2) is 28.1 Å². The van der Waals surface area contributed by atoms with Crippen LogP contribution in [0.3, 0.4) is 0 Å². The molecule has 104 valence electrons. The summed E-state index contributed by atoms with van der Waals surface area (Å²) in [4.78, 5) is 16.0. The largest absolute Gasteiger partial charge is 0.505 e. The smallest absolute Gasteiger partial charge is 0.255 e. The van der Waals surface area contributed by atoms with Crippen LogP contribution in [0.5, 0.6) is 5.75 Å². The SMILES string of the molecule is CC1CCC(CN)(NC(=O)c2ccncc2O)CC1. The minimum atomic E-state index is -0.334. The van der Waals surface area contributed by atoms with Gasteiger partial charge in [0.25, 0.3) is 5.91 Å². The highest BCUT2D eigenvalue weighted by molar-refractivity contribution is 5.97. The number of nitrogens with zero attached hydrogens (tertiary/aromatic N) is 1. The van der Waals surface area contributed by atoms with Gasteiger partial charge in [-0.2, -0.15) is 0 Å². The molecule has 19 heavy (non-hydrogen) atoms. The molecule has 0 aromatic carbocycles. The molecule has 5 heteroatoms. The predicted octanol–water partition coefficient (Wildman–Crippen LogP) is 1.42. The number of nitrogens with one attached hydrogen (secondary N) is 1. The third kappa shape index (κ3) is 3.04. The van der Waals surface area contributed by atoms with E-state index >= 15 is 0 Å². The van der Waals surface area contributed by atoms with Gasteiger partial charge in [-0.15, -0.1) is 0 Å². The van der Waals surface area contributed by atoms with Gasteiger partial charge in [0.2, 0.25) is 0 Å². The number of carbonyl (C=O) groups is 1. The Kier molecular flexibility index (Phi) is 4.04. The summed E-state index contributed by atoms with van der Waals surface area (Å²) in [6.07, 6.45) is 6.68. The van der Waals surface area contributed by atoms with E-state index in [0.29, 0.717) is 12.5 Å². The third-order valence-electron chi connectivity index (χ3n) is 4.05. The van der Waals surface area contributed by atoms with E-state index in [-0.39, 0.29) is 22.8 Å². The van der Waals surface area contributed by atoms with E-state index in [1.54, 1.807) is 0 Å². The van der Waals surface area contributed by atoms with Gasteiger partial charge in [-0.3, -0.25) is 9.78 Å². The average molecular weight is 263 g/mol. The second-order valence-electron chi connectivity index (χ2n) is 5.51. The van der Waals surface area contributed by atoms with Crippen molar-refractivity contribution in [3.05, 3.63) is 24.0 Å². The molecule has 1 aliphatic carbocycles. The molecule has 0 atom stereocenters. The zero-order valence-corrected chi connectivity index (χ0v) is 11.2. The van der Waals surface area contributed by atoms with E-state index in [2.05, 4.69) is 17.2 Å². The Hall–Kier alpha value is -1.62. The van der Waals surface area contributed by atoms with E-state index < -0.39 is 0 Å². The second-order valence-corrected chi connectivity index (χ2v) is 5.51. The molecule has 5 nitrogen and oxygen atoms in total. The fourth-order valence-corrected chi connectivity index (χ4v) is 2.58. The number of rotatable bonds is 3. The van der Waals surface area contributed by atoms with Gasteiger partial charge < -0.3 is 16.2 Å². The number of carbonyl (C=O) groups excluding carboxylic acids is 1. The van der Waals surface area contributed by atoms with Crippen molar-refractivity contribution in [1.82, 2.24) is 10.3 Å². The Morgan fingerprint density at radius 1 is 1.58 bits per heavy atom. The number of aromatic nitrogens is 1. The Bertz CT molecular complexity index is 454. The number of pyridine rings is 1. The van der Waals surface area contributed by atoms with Crippen molar-refractivity contribution in [3.63, 3.8) is 0 Å². The van der Waals surface area contributed by atoms with Crippen molar-refractivity contribution < 1.29 is 9.90 Å². The van der Waals surface area contributed by atoms with Crippen molar-refractivity contribution in [2.24, 2.45) is 11.7 Å². The van der Waals surface area contributed by atoms with Crippen LogP contribution in [0.2, 0.25) is 0 Å². The molecule has 4 N–H and O–H groups in total. The summed E-state index contributed by atoms with van der Waals surface area (Å²) in [5.41, 5.74) is 5.78. The lowest BCUT2D eigenvalue weighted by atomic mass is 9.77. The molecule has 0 unspecified atom stereocenters. The Balaban J connectivity index is 2.11. The molecule has 0 radical (unpaired) electrons. The Labute approximate surface area is 113 Å². The van der Waals surface area contributed by atoms with Gasteiger partial charge in [-0.25, -0.2) is 0 Å². The van der Waals surface area contributed by atoms with Gasteiger partial charge in [-0.05, 0) is 37.7 Å². The van der Waals surface area contributed by atoms with Gasteiger partial charge in [-0.1, -0.05) is 6.92 Å². The molecular weight excluding hydrogens is 242 g/mol. The number of nitrogens with two attached hydrogens (primary N) is 1. The minimum absolute atomic E-state index is 0.101. The summed E-state index contributed by atoms with van der Waals surface area (Å²) in [6.45, 7) is 2.65. The summed E-state index contributed by atoms with van der Waals surface area (Å²) < 4.78 is 0. The monoisotopic (exact) mass is 263 g/mol. The standard InChI is InChI=1S/C14H21N3O2/c1-10-2-5-14(9-15,6-3-10)17-13(19)11-4-7-16-8-12(11)18/h4,7-8,10,18H,2-3,5-6,9,15H2,1H3,(H,17,19). The van der Waals surface area contributed by atoms with Gasteiger partial charge in [0.15, 0.2) is 0 Å². The van der Waals surface area contributed by atoms with Crippen molar-refractivity contribution in [2.45, 2.75) is 38.1 Å². The van der Waals surface area contributed by atoms with Crippen LogP contribution in [-0.2, 0) is 0 Å². The van der Waals surface area contributed by atoms with Gasteiger partial charge in [0.1, 0.15) is 5.75 Å². The molecule has 1 heterocycles. The second kappa shape index (κ2) is 5.57. The van der Waals surface area contributed by atoms with E-state index in [1.165, 1.54) is 18.5 Å². The molecule has 1 aromatic rings. The van der Waals surface area contributed by atoms with Crippen molar-refractivity contribution in [3.8, 4) is 5.75 Å². The van der Waals surface area contributed by atoms with Crippen LogP contribution in [0, 0.1) is 5.92 Å². The zero-order valence-electron chi connectivity index (χ0n) is 11.2. The fourth-order valence-electron chi connectivity index (χ4n) is 2.58. The molecule has 1 amide bonds. The molecule has 1 saturated carbocycles. The summed E-state index contributed by atoms with van der Waals surface area (Å²) in [6, 6.07) is 1.51. The highest BCUT2D eigenvalue weighted by atomic mass is 16.3. The van der Waals surface area contributed by atoms with Gasteiger partial charge in [0.05, 0.1) is 17.3 Å². The molecule has 1 fully saturated rings. The van der Waals surface area contributed by atoms with Crippen LogP contribution < -0.4 is 11.1 Å². The average Bonchev–Trinajstić information content (AvgIpc) is 2.42. The van der Waals surface area contributed by atoms with Crippen LogP contribution in [0.15, 0.2) is 18.5 Å². The maximum atomic E-state index is 12.2. The minimum Gasteiger partial charge on any atom is -0.505 e. The number of amides is 1. The summed E-state index contributed by atoms with van der Waals surface area (Å²) in [5.74, 6) is 0.308. The van der Waals surface area contributed by atoms with Crippen molar-refractivity contribution in [2.75, 3.05) is 6.54 Å². The Morgan fingerprint density at radius 3 is 2.84 bits per heavy atom. The van der Waals surface area contributed by atoms with E-state index in [0.717, 1.165) is 25.7 Å². The lowest BCUT2D eigenvalue weighted by Gasteiger charge is -2.39. The first-order valence-corrected chi connectivity index (χ1v) is 6.72. The highest BCUT2D eigenvalue weighted by Gasteiger charge is 2.34. The van der Waals surface area contributed by atoms with E-state index in [4.69, 9.17) is 5.73 Å². The van der Waals surface area contributed by atoms with Crippen molar-refractivity contribution >= 4 is 5.91 Å². The third-order valence-corrected chi connectivity index (χ3v) is 4.05. The molecule has 0 bridgehead atoms. The molecule has 0 aliphatic heterocycles. The van der Waals surface area contributed by atoms with Crippen LogP contribution in [0.1, 0.15) is 43.0 Å². The van der Waals surface area contributed by atoms with Gasteiger partial charge in [0, 0.05) is 12.7 Å².